The van der Waals surface area contributed by atoms with Gasteiger partial charge in [0, 0.05) is 13.1 Å². The molecule has 6 heteroatoms. The second kappa shape index (κ2) is 8.02. The van der Waals surface area contributed by atoms with Gasteiger partial charge in [-0.05, 0) is 38.3 Å². The van der Waals surface area contributed by atoms with Crippen molar-refractivity contribution in [1.29, 1.82) is 0 Å². The highest BCUT2D eigenvalue weighted by molar-refractivity contribution is 5.37. The molecule has 0 aromatic carbocycles. The first kappa shape index (κ1) is 15.8. The number of methoxy groups -OCH3 is 2. The Balaban J connectivity index is 2.03. The average molecular weight is 294 g/mol. The lowest BCUT2D eigenvalue weighted by Crippen LogP contribution is -2.40. The van der Waals surface area contributed by atoms with Crippen LogP contribution in [0.1, 0.15) is 26.2 Å². The first-order valence-electron chi connectivity index (χ1n) is 7.69. The first-order chi connectivity index (χ1) is 10.3. The van der Waals surface area contributed by atoms with Crippen molar-refractivity contribution >= 4 is 5.95 Å². The zero-order valence-electron chi connectivity index (χ0n) is 13.3. The highest BCUT2D eigenvalue weighted by Crippen LogP contribution is 2.24. The van der Waals surface area contributed by atoms with E-state index in [-0.39, 0.29) is 0 Å². The number of hydrogen-bond donors (Lipinski definition) is 1. The van der Waals surface area contributed by atoms with Crippen molar-refractivity contribution in [3.63, 3.8) is 0 Å². The summed E-state index contributed by atoms with van der Waals surface area (Å²) in [6.45, 7) is 6.30. The van der Waals surface area contributed by atoms with Crippen molar-refractivity contribution in [3.8, 4) is 11.8 Å². The van der Waals surface area contributed by atoms with Gasteiger partial charge in [-0.25, -0.2) is 0 Å². The van der Waals surface area contributed by atoms with E-state index in [1.807, 2.05) is 0 Å². The molecule has 118 valence electrons. The fourth-order valence-corrected chi connectivity index (χ4v) is 2.64. The number of ether oxygens (including phenoxy) is 2. The van der Waals surface area contributed by atoms with Crippen molar-refractivity contribution in [2.75, 3.05) is 45.3 Å². The standard InChI is InChI=1S/C15H26N4O2/c1-4-7-16-10-12-6-5-8-19(11-12)15-17-13(20-2)9-14(18-15)21-3/h9,12,16H,4-8,10-11H2,1-3H3. The minimum atomic E-state index is 0.545. The van der Waals surface area contributed by atoms with E-state index in [9.17, 15) is 0 Å². The summed E-state index contributed by atoms with van der Waals surface area (Å²) >= 11 is 0. The monoisotopic (exact) mass is 294 g/mol. The Morgan fingerprint density at radius 3 is 2.62 bits per heavy atom. The predicted octanol–water partition coefficient (Wildman–Crippen LogP) is 1.71. The third-order valence-corrected chi connectivity index (χ3v) is 3.75. The Hall–Kier alpha value is -1.56. The molecule has 1 aliphatic rings. The lowest BCUT2D eigenvalue weighted by molar-refractivity contribution is 0.363. The van der Waals surface area contributed by atoms with Gasteiger partial charge in [0.1, 0.15) is 0 Å². The summed E-state index contributed by atoms with van der Waals surface area (Å²) in [6, 6.07) is 1.70. The van der Waals surface area contributed by atoms with Gasteiger partial charge in [0.25, 0.3) is 0 Å². The summed E-state index contributed by atoms with van der Waals surface area (Å²) in [5.74, 6) is 2.43. The first-order valence-corrected chi connectivity index (χ1v) is 7.69. The van der Waals surface area contributed by atoms with Gasteiger partial charge in [-0.2, -0.15) is 9.97 Å². The van der Waals surface area contributed by atoms with Crippen LogP contribution in [0.5, 0.6) is 11.8 Å². The quantitative estimate of drug-likeness (QED) is 0.773. The summed E-state index contributed by atoms with van der Waals surface area (Å²) < 4.78 is 10.4. The molecule has 2 rings (SSSR count). The molecule has 21 heavy (non-hydrogen) atoms. The van der Waals surface area contributed by atoms with E-state index in [0.717, 1.165) is 26.2 Å². The molecule has 1 saturated heterocycles. The molecule has 1 unspecified atom stereocenters. The van der Waals surface area contributed by atoms with Gasteiger partial charge in [0.2, 0.25) is 17.7 Å². The minimum Gasteiger partial charge on any atom is -0.481 e. The molecule has 0 aliphatic carbocycles. The van der Waals surface area contributed by atoms with Crippen LogP contribution in [-0.4, -0.2) is 50.4 Å². The second-order valence-corrected chi connectivity index (χ2v) is 5.41. The van der Waals surface area contributed by atoms with Crippen LogP contribution in [0.25, 0.3) is 0 Å². The largest absolute Gasteiger partial charge is 0.481 e. The van der Waals surface area contributed by atoms with Gasteiger partial charge >= 0.3 is 0 Å². The van der Waals surface area contributed by atoms with Crippen LogP contribution in [-0.2, 0) is 0 Å². The Bertz CT molecular complexity index is 419. The van der Waals surface area contributed by atoms with Crippen molar-refractivity contribution in [2.45, 2.75) is 26.2 Å². The molecule has 1 aromatic heterocycles. The molecule has 0 radical (unpaired) electrons. The smallest absolute Gasteiger partial charge is 0.231 e. The van der Waals surface area contributed by atoms with Crippen LogP contribution in [0.2, 0.25) is 0 Å². The Kier molecular flexibility index (Phi) is 6.04. The molecular formula is C15H26N4O2. The van der Waals surface area contributed by atoms with E-state index in [4.69, 9.17) is 9.47 Å². The zero-order chi connectivity index (χ0) is 15.1. The van der Waals surface area contributed by atoms with Crippen molar-refractivity contribution in [1.82, 2.24) is 15.3 Å². The van der Waals surface area contributed by atoms with Crippen molar-refractivity contribution < 1.29 is 9.47 Å². The molecule has 0 saturated carbocycles. The van der Waals surface area contributed by atoms with Crippen LogP contribution >= 0.6 is 0 Å². The molecule has 0 bridgehead atoms. The SMILES string of the molecule is CCCNCC1CCCN(c2nc(OC)cc(OC)n2)C1. The second-order valence-electron chi connectivity index (χ2n) is 5.41. The lowest BCUT2D eigenvalue weighted by Gasteiger charge is -2.33. The van der Waals surface area contributed by atoms with Gasteiger partial charge in [0.05, 0.1) is 20.3 Å². The Morgan fingerprint density at radius 1 is 1.29 bits per heavy atom. The Morgan fingerprint density at radius 2 is 2.00 bits per heavy atom. The summed E-state index contributed by atoms with van der Waals surface area (Å²) in [4.78, 5) is 11.1. The number of aromatic nitrogens is 2. The van der Waals surface area contributed by atoms with Gasteiger partial charge < -0.3 is 19.7 Å². The summed E-state index contributed by atoms with van der Waals surface area (Å²) in [5.41, 5.74) is 0. The molecule has 2 heterocycles. The number of rotatable bonds is 7. The van der Waals surface area contributed by atoms with Gasteiger partial charge in [-0.15, -0.1) is 0 Å². The maximum atomic E-state index is 5.22. The maximum Gasteiger partial charge on any atom is 0.231 e. The number of nitrogens with zero attached hydrogens (tertiary/aromatic N) is 3. The lowest BCUT2D eigenvalue weighted by atomic mass is 9.98. The highest BCUT2D eigenvalue weighted by atomic mass is 16.5. The molecule has 0 amide bonds. The Labute approximate surface area is 126 Å². The maximum absolute atomic E-state index is 5.22. The van der Waals surface area contributed by atoms with E-state index in [0.29, 0.717) is 23.6 Å². The minimum absolute atomic E-state index is 0.545. The van der Waals surface area contributed by atoms with E-state index in [1.54, 1.807) is 20.3 Å². The van der Waals surface area contributed by atoms with Crippen LogP contribution in [0.15, 0.2) is 6.07 Å². The van der Waals surface area contributed by atoms with Crippen LogP contribution in [0, 0.1) is 5.92 Å². The van der Waals surface area contributed by atoms with Crippen LogP contribution < -0.4 is 19.7 Å². The van der Waals surface area contributed by atoms with Gasteiger partial charge in [0.15, 0.2) is 0 Å². The van der Waals surface area contributed by atoms with Gasteiger partial charge in [-0.1, -0.05) is 6.92 Å². The van der Waals surface area contributed by atoms with Crippen LogP contribution in [0.3, 0.4) is 0 Å². The van der Waals surface area contributed by atoms with Crippen LogP contribution in [0.4, 0.5) is 5.95 Å². The predicted molar refractivity (Wildman–Crippen MR) is 83.2 cm³/mol. The summed E-state index contributed by atoms with van der Waals surface area (Å²) in [7, 11) is 3.22. The molecule has 1 aliphatic heterocycles. The fourth-order valence-electron chi connectivity index (χ4n) is 2.64. The number of hydrogen-bond acceptors (Lipinski definition) is 6. The zero-order valence-corrected chi connectivity index (χ0v) is 13.3. The molecule has 1 aromatic rings. The average Bonchev–Trinajstić information content (AvgIpc) is 2.55. The topological polar surface area (TPSA) is 59.5 Å². The van der Waals surface area contributed by atoms with Gasteiger partial charge in [-0.3, -0.25) is 0 Å². The molecule has 1 atom stereocenters. The third kappa shape index (κ3) is 4.46. The van der Waals surface area contributed by atoms with E-state index in [2.05, 4.69) is 27.1 Å². The van der Waals surface area contributed by atoms with E-state index >= 15 is 0 Å². The molecular weight excluding hydrogens is 268 g/mol. The van der Waals surface area contributed by atoms with Crippen molar-refractivity contribution in [3.05, 3.63) is 6.07 Å². The fraction of sp³-hybridized carbons (Fsp3) is 0.733. The molecule has 6 nitrogen and oxygen atoms in total. The summed E-state index contributed by atoms with van der Waals surface area (Å²) in [5, 5.41) is 3.51. The van der Waals surface area contributed by atoms with E-state index in [1.165, 1.54) is 19.3 Å². The number of nitrogens with one attached hydrogen (secondary N) is 1. The van der Waals surface area contributed by atoms with E-state index < -0.39 is 0 Å². The molecule has 1 fully saturated rings. The van der Waals surface area contributed by atoms with Crippen molar-refractivity contribution in [2.24, 2.45) is 5.92 Å². The highest BCUT2D eigenvalue weighted by Gasteiger charge is 2.22. The normalized spacial score (nSPS) is 18.6. The molecule has 1 N–H and O–H groups in total. The third-order valence-electron chi connectivity index (χ3n) is 3.75. The molecule has 0 spiro atoms. The number of piperidine rings is 1. The number of anilines is 1. The summed E-state index contributed by atoms with van der Waals surface area (Å²) in [6.07, 6.45) is 3.60.